The van der Waals surface area contributed by atoms with E-state index in [0.717, 1.165) is 41.3 Å². The average Bonchev–Trinajstić information content (AvgIpc) is 2.79. The van der Waals surface area contributed by atoms with Gasteiger partial charge in [-0.1, -0.05) is 0 Å². The van der Waals surface area contributed by atoms with Crippen molar-refractivity contribution in [2.24, 2.45) is 23.2 Å². The number of nitrogen functional groups attached to an aromatic ring is 1. The minimum absolute atomic E-state index is 0.502. The lowest BCUT2D eigenvalue weighted by molar-refractivity contribution is -0.0532. The van der Waals surface area contributed by atoms with E-state index in [1.165, 1.54) is 38.5 Å². The molecule has 2 N–H and O–H groups in total. The van der Waals surface area contributed by atoms with Crippen molar-refractivity contribution < 1.29 is 0 Å². The molecule has 0 spiro atoms. The molecular formula is C17H22N4. The molecule has 2 heterocycles. The molecule has 110 valence electrons. The maximum absolute atomic E-state index is 5.94. The molecule has 4 heteroatoms. The largest absolute Gasteiger partial charge is 0.398 e. The first-order valence-corrected chi connectivity index (χ1v) is 8.28. The summed E-state index contributed by atoms with van der Waals surface area (Å²) in [5.74, 6) is 4.07. The van der Waals surface area contributed by atoms with Crippen LogP contribution in [0.1, 0.15) is 44.3 Å². The predicted octanol–water partition coefficient (Wildman–Crippen LogP) is 3.07. The third-order valence-corrected chi connectivity index (χ3v) is 6.19. The van der Waals surface area contributed by atoms with Gasteiger partial charge in [-0.3, -0.25) is 4.40 Å². The number of rotatable bonds is 2. The number of hydrogen-bond donors (Lipinski definition) is 1. The summed E-state index contributed by atoms with van der Waals surface area (Å²) < 4.78 is 2.11. The fraction of sp³-hybridized carbons (Fsp3) is 0.647. The lowest BCUT2D eigenvalue weighted by Gasteiger charge is -2.56. The van der Waals surface area contributed by atoms with Crippen molar-refractivity contribution in [3.63, 3.8) is 0 Å². The molecule has 4 bridgehead atoms. The van der Waals surface area contributed by atoms with Gasteiger partial charge >= 0.3 is 0 Å². The Kier molecular flexibility index (Phi) is 2.28. The molecule has 4 aliphatic carbocycles. The fourth-order valence-corrected chi connectivity index (χ4v) is 5.92. The summed E-state index contributed by atoms with van der Waals surface area (Å²) in [5, 5.41) is 8.79. The molecule has 0 radical (unpaired) electrons. The first-order chi connectivity index (χ1) is 10.2. The van der Waals surface area contributed by atoms with Gasteiger partial charge in [0.2, 0.25) is 0 Å². The lowest BCUT2D eigenvalue weighted by Crippen LogP contribution is -2.47. The molecule has 4 nitrogen and oxygen atoms in total. The summed E-state index contributed by atoms with van der Waals surface area (Å²) in [4.78, 5) is 0. The maximum atomic E-state index is 5.94. The summed E-state index contributed by atoms with van der Waals surface area (Å²) >= 11 is 0. The molecule has 0 saturated heterocycles. The van der Waals surface area contributed by atoms with Crippen molar-refractivity contribution in [2.45, 2.75) is 44.9 Å². The first kappa shape index (κ1) is 12.0. The van der Waals surface area contributed by atoms with Crippen LogP contribution in [0.15, 0.2) is 18.3 Å². The van der Waals surface area contributed by atoms with Crippen LogP contribution in [0.3, 0.4) is 0 Å². The zero-order chi connectivity index (χ0) is 14.0. The van der Waals surface area contributed by atoms with Gasteiger partial charge in [-0.2, -0.15) is 0 Å². The Morgan fingerprint density at radius 3 is 2.38 bits per heavy atom. The fourth-order valence-electron chi connectivity index (χ4n) is 5.92. The van der Waals surface area contributed by atoms with Crippen LogP contribution in [0.25, 0.3) is 5.65 Å². The minimum Gasteiger partial charge on any atom is -0.398 e. The van der Waals surface area contributed by atoms with E-state index < -0.39 is 0 Å². The second-order valence-corrected chi connectivity index (χ2v) is 7.90. The van der Waals surface area contributed by atoms with Crippen LogP contribution in [-0.4, -0.2) is 14.6 Å². The van der Waals surface area contributed by atoms with Crippen LogP contribution >= 0.6 is 0 Å². The summed E-state index contributed by atoms with van der Waals surface area (Å²) in [7, 11) is 0. The molecule has 0 amide bonds. The van der Waals surface area contributed by atoms with Crippen LogP contribution in [0.5, 0.6) is 0 Å². The van der Waals surface area contributed by atoms with Crippen molar-refractivity contribution in [3.8, 4) is 0 Å². The molecule has 2 aromatic heterocycles. The van der Waals surface area contributed by atoms with E-state index in [1.807, 2.05) is 18.3 Å². The Bertz CT molecular complexity index is 667. The van der Waals surface area contributed by atoms with E-state index in [2.05, 4.69) is 14.6 Å². The molecule has 4 saturated carbocycles. The number of aromatic nitrogens is 3. The van der Waals surface area contributed by atoms with Crippen molar-refractivity contribution in [3.05, 3.63) is 24.2 Å². The Labute approximate surface area is 124 Å². The van der Waals surface area contributed by atoms with Gasteiger partial charge in [0.05, 0.1) is 0 Å². The number of fused-ring (bicyclic) bond motifs is 1. The molecule has 0 unspecified atom stereocenters. The highest BCUT2D eigenvalue weighted by Gasteiger charge is 2.51. The second-order valence-electron chi connectivity index (χ2n) is 7.90. The maximum Gasteiger partial charge on any atom is 0.160 e. The van der Waals surface area contributed by atoms with Crippen LogP contribution < -0.4 is 5.73 Å². The van der Waals surface area contributed by atoms with Gasteiger partial charge in [-0.15, -0.1) is 10.2 Å². The van der Waals surface area contributed by atoms with Gasteiger partial charge in [0.1, 0.15) is 5.82 Å². The standard InChI is InChI=1S/C17H22N4/c18-14-1-2-15-19-20-16(21(15)10-14)9-17-6-11-3-12(7-17)5-13(4-11)8-17/h1-2,10-13H,3-9,18H2. The van der Waals surface area contributed by atoms with Crippen LogP contribution in [0, 0.1) is 23.2 Å². The van der Waals surface area contributed by atoms with E-state index in [-0.39, 0.29) is 0 Å². The average molecular weight is 282 g/mol. The zero-order valence-corrected chi connectivity index (χ0v) is 12.3. The summed E-state index contributed by atoms with van der Waals surface area (Å²) in [5.41, 5.74) is 8.15. The van der Waals surface area contributed by atoms with Crippen molar-refractivity contribution in [2.75, 3.05) is 5.73 Å². The van der Waals surface area contributed by atoms with E-state index >= 15 is 0 Å². The van der Waals surface area contributed by atoms with Crippen LogP contribution in [-0.2, 0) is 6.42 Å². The van der Waals surface area contributed by atoms with Crippen molar-refractivity contribution in [1.29, 1.82) is 0 Å². The van der Waals surface area contributed by atoms with E-state index in [4.69, 9.17) is 5.73 Å². The van der Waals surface area contributed by atoms with Gasteiger partial charge in [0, 0.05) is 18.3 Å². The van der Waals surface area contributed by atoms with Crippen LogP contribution in [0.4, 0.5) is 5.69 Å². The molecular weight excluding hydrogens is 260 g/mol. The monoisotopic (exact) mass is 282 g/mol. The molecule has 4 aliphatic rings. The number of anilines is 1. The second kappa shape index (κ2) is 3.99. The Balaban J connectivity index is 1.52. The van der Waals surface area contributed by atoms with E-state index in [9.17, 15) is 0 Å². The zero-order valence-electron chi connectivity index (χ0n) is 12.3. The van der Waals surface area contributed by atoms with E-state index in [0.29, 0.717) is 5.41 Å². The normalized spacial score (nSPS) is 37.4. The number of hydrogen-bond acceptors (Lipinski definition) is 3. The van der Waals surface area contributed by atoms with E-state index in [1.54, 1.807) is 0 Å². The number of nitrogens with zero attached hydrogens (tertiary/aromatic N) is 3. The highest BCUT2D eigenvalue weighted by Crippen LogP contribution is 2.60. The van der Waals surface area contributed by atoms with Crippen molar-refractivity contribution >= 4 is 11.3 Å². The topological polar surface area (TPSA) is 56.2 Å². The number of nitrogens with two attached hydrogens (primary N) is 1. The Morgan fingerprint density at radius 1 is 1.05 bits per heavy atom. The minimum atomic E-state index is 0.502. The van der Waals surface area contributed by atoms with Gasteiger partial charge in [0.25, 0.3) is 0 Å². The Hall–Kier alpha value is -1.58. The summed E-state index contributed by atoms with van der Waals surface area (Å²) in [6.45, 7) is 0. The smallest absolute Gasteiger partial charge is 0.160 e. The van der Waals surface area contributed by atoms with Gasteiger partial charge in [0.15, 0.2) is 5.65 Å². The van der Waals surface area contributed by atoms with Gasteiger partial charge < -0.3 is 5.73 Å². The molecule has 0 atom stereocenters. The molecule has 2 aromatic rings. The lowest BCUT2D eigenvalue weighted by atomic mass is 9.49. The third-order valence-electron chi connectivity index (χ3n) is 6.19. The molecule has 4 fully saturated rings. The third kappa shape index (κ3) is 1.81. The SMILES string of the molecule is Nc1ccc2nnc(CC34CC5CC(CC(C5)C3)C4)n2c1. The Morgan fingerprint density at radius 2 is 1.71 bits per heavy atom. The van der Waals surface area contributed by atoms with Crippen LogP contribution in [0.2, 0.25) is 0 Å². The first-order valence-electron chi connectivity index (χ1n) is 8.28. The van der Waals surface area contributed by atoms with Gasteiger partial charge in [-0.05, 0) is 73.8 Å². The highest BCUT2D eigenvalue weighted by atomic mass is 15.2. The molecule has 6 rings (SSSR count). The number of pyridine rings is 1. The highest BCUT2D eigenvalue weighted by molar-refractivity contribution is 5.47. The molecule has 0 aromatic carbocycles. The molecule has 21 heavy (non-hydrogen) atoms. The van der Waals surface area contributed by atoms with Gasteiger partial charge in [-0.25, -0.2) is 0 Å². The predicted molar refractivity (Wildman–Crippen MR) is 81.7 cm³/mol. The summed E-state index contributed by atoms with van der Waals surface area (Å²) in [6.07, 6.45) is 11.8. The summed E-state index contributed by atoms with van der Waals surface area (Å²) in [6, 6.07) is 3.87. The van der Waals surface area contributed by atoms with Crippen molar-refractivity contribution in [1.82, 2.24) is 14.6 Å². The quantitative estimate of drug-likeness (QED) is 0.921. The molecule has 0 aliphatic heterocycles.